The van der Waals surface area contributed by atoms with Crippen molar-refractivity contribution in [2.75, 3.05) is 6.54 Å². The van der Waals surface area contributed by atoms with E-state index in [1.807, 2.05) is 0 Å². The molecule has 27 heavy (non-hydrogen) atoms. The Balaban J connectivity index is 1.62. The van der Waals surface area contributed by atoms with Crippen LogP contribution in [0.3, 0.4) is 0 Å². The van der Waals surface area contributed by atoms with Gasteiger partial charge >= 0.3 is 0 Å². The normalized spacial score (nSPS) is 13.5. The van der Waals surface area contributed by atoms with Gasteiger partial charge in [0.1, 0.15) is 12.5 Å². The molecule has 2 aromatic rings. The average molecular weight is 414 g/mol. The van der Waals surface area contributed by atoms with Crippen molar-refractivity contribution in [1.82, 2.24) is 14.9 Å². The molecule has 0 spiro atoms. The second-order valence-electron chi connectivity index (χ2n) is 6.30. The van der Waals surface area contributed by atoms with Crippen LogP contribution in [0.5, 0.6) is 11.5 Å². The van der Waals surface area contributed by atoms with Crippen LogP contribution < -0.4 is 0 Å². The molecule has 1 aromatic carbocycles. The van der Waals surface area contributed by atoms with E-state index in [0.717, 1.165) is 0 Å². The van der Waals surface area contributed by atoms with Crippen LogP contribution in [0.25, 0.3) is 0 Å². The highest BCUT2D eigenvalue weighted by atomic mass is 35.5. The first kappa shape index (κ1) is 19.6. The van der Waals surface area contributed by atoms with E-state index in [1.54, 1.807) is 4.90 Å². The minimum absolute atomic E-state index is 0.0147. The third-order valence-electron chi connectivity index (χ3n) is 4.56. The van der Waals surface area contributed by atoms with Crippen LogP contribution in [0.2, 0.25) is 10.0 Å². The fourth-order valence-corrected chi connectivity index (χ4v) is 3.67. The molecule has 0 atom stereocenters. The van der Waals surface area contributed by atoms with Crippen molar-refractivity contribution in [3.05, 3.63) is 45.0 Å². The predicted octanol–water partition coefficient (Wildman–Crippen LogP) is 3.57. The van der Waals surface area contributed by atoms with Gasteiger partial charge in [0, 0.05) is 32.1 Å². The molecule has 2 heterocycles. The molecule has 0 radical (unpaired) electrons. The third-order valence-corrected chi connectivity index (χ3v) is 5.37. The second-order valence-corrected chi connectivity index (χ2v) is 7.05. The van der Waals surface area contributed by atoms with Gasteiger partial charge in [0.15, 0.2) is 11.5 Å². The summed E-state index contributed by atoms with van der Waals surface area (Å²) in [5, 5.41) is 19.8. The molecule has 0 aliphatic carbocycles. The number of benzene rings is 1. The Hall–Kier alpha value is -2.12. The van der Waals surface area contributed by atoms with E-state index in [-0.39, 0.29) is 28.9 Å². The van der Waals surface area contributed by atoms with Gasteiger partial charge in [-0.15, -0.1) is 0 Å². The fourth-order valence-electron chi connectivity index (χ4n) is 3.11. The number of carbonyl (C=O) groups excluding carboxylic acids is 1. The number of alkyl halides is 1. The summed E-state index contributed by atoms with van der Waals surface area (Å²) < 4.78 is 12.6. The number of carbonyl (C=O) groups is 1. The highest BCUT2D eigenvalue weighted by Crippen LogP contribution is 2.46. The Bertz CT molecular complexity index is 879. The van der Waals surface area contributed by atoms with Crippen molar-refractivity contribution in [1.29, 1.82) is 0 Å². The molecule has 0 fully saturated rings. The van der Waals surface area contributed by atoms with Crippen LogP contribution in [0.4, 0.5) is 4.39 Å². The topological polar surface area (TPSA) is 86.6 Å². The first-order valence-corrected chi connectivity index (χ1v) is 9.23. The highest BCUT2D eigenvalue weighted by molar-refractivity contribution is 6.36. The number of hydrogen-bond acceptors (Lipinski definition) is 5. The Kier molecular flexibility index (Phi) is 6.01. The lowest BCUT2D eigenvalue weighted by atomic mass is 9.98. The smallest absolute Gasteiger partial charge is 0.222 e. The first-order valence-electron chi connectivity index (χ1n) is 8.47. The number of rotatable bonds is 5. The van der Waals surface area contributed by atoms with E-state index in [9.17, 15) is 19.4 Å². The molecule has 1 aliphatic heterocycles. The van der Waals surface area contributed by atoms with Gasteiger partial charge in [-0.3, -0.25) is 4.79 Å². The van der Waals surface area contributed by atoms with Crippen molar-refractivity contribution in [2.24, 2.45) is 0 Å². The lowest BCUT2D eigenvalue weighted by Crippen LogP contribution is -2.36. The summed E-state index contributed by atoms with van der Waals surface area (Å²) in [5.41, 5.74) is 1.53. The van der Waals surface area contributed by atoms with E-state index in [2.05, 4.69) is 9.97 Å². The minimum atomic E-state index is -0.645. The molecule has 0 bridgehead atoms. The molecule has 0 unspecified atom stereocenters. The van der Waals surface area contributed by atoms with Crippen molar-refractivity contribution >= 4 is 29.1 Å². The van der Waals surface area contributed by atoms with Gasteiger partial charge in [-0.2, -0.15) is 0 Å². The molecular weight excluding hydrogens is 396 g/mol. The van der Waals surface area contributed by atoms with Gasteiger partial charge in [-0.1, -0.05) is 23.2 Å². The number of hydrogen-bond donors (Lipinski definition) is 2. The number of aromatic nitrogens is 2. The van der Waals surface area contributed by atoms with Crippen molar-refractivity contribution in [3.63, 3.8) is 0 Å². The zero-order chi connectivity index (χ0) is 19.6. The quantitative estimate of drug-likeness (QED) is 0.731. The summed E-state index contributed by atoms with van der Waals surface area (Å²) in [6.45, 7) is 0.0156. The summed E-state index contributed by atoms with van der Waals surface area (Å²) in [5.74, 6) is -0.463. The Morgan fingerprint density at radius 2 is 1.93 bits per heavy atom. The van der Waals surface area contributed by atoms with Crippen molar-refractivity contribution in [3.8, 4) is 11.5 Å². The zero-order valence-corrected chi connectivity index (χ0v) is 15.9. The zero-order valence-electron chi connectivity index (χ0n) is 14.4. The number of fused-ring (bicyclic) bond motifs is 1. The van der Waals surface area contributed by atoms with Gasteiger partial charge in [-0.05, 0) is 30.0 Å². The van der Waals surface area contributed by atoms with E-state index in [1.165, 1.54) is 12.3 Å². The summed E-state index contributed by atoms with van der Waals surface area (Å²) in [6, 6.07) is 1.52. The summed E-state index contributed by atoms with van der Waals surface area (Å²) in [6.07, 6.45) is 3.25. The van der Waals surface area contributed by atoms with Crippen LogP contribution in [0, 0.1) is 0 Å². The highest BCUT2D eigenvalue weighted by Gasteiger charge is 2.28. The number of phenols is 2. The lowest BCUT2D eigenvalue weighted by Gasteiger charge is -2.30. The lowest BCUT2D eigenvalue weighted by molar-refractivity contribution is -0.132. The van der Waals surface area contributed by atoms with Crippen LogP contribution in [0.1, 0.15) is 35.5 Å². The second kappa shape index (κ2) is 8.27. The average Bonchev–Trinajstić information content (AvgIpc) is 2.70. The van der Waals surface area contributed by atoms with E-state index in [0.29, 0.717) is 48.5 Å². The number of nitrogens with zero attached hydrogens (tertiary/aromatic N) is 3. The molecule has 9 heteroatoms. The van der Waals surface area contributed by atoms with Crippen molar-refractivity contribution in [2.45, 2.75) is 38.9 Å². The maximum absolute atomic E-state index is 12.6. The SMILES string of the molecule is O=C(CCCc1nccc(CF)n1)N1CCc2c(Cl)c(O)c(O)c(Cl)c2C1. The number of amides is 1. The van der Waals surface area contributed by atoms with Crippen LogP contribution >= 0.6 is 23.2 Å². The minimum Gasteiger partial charge on any atom is -0.503 e. The molecule has 2 N–H and O–H groups in total. The molecular formula is C18H18Cl2FN3O3. The van der Waals surface area contributed by atoms with Gasteiger partial charge in [0.25, 0.3) is 0 Å². The monoisotopic (exact) mass is 413 g/mol. The molecule has 144 valence electrons. The summed E-state index contributed by atoms with van der Waals surface area (Å²) in [4.78, 5) is 22.3. The Morgan fingerprint density at radius 3 is 2.63 bits per heavy atom. The van der Waals surface area contributed by atoms with Gasteiger partial charge in [0.05, 0.1) is 15.7 Å². The van der Waals surface area contributed by atoms with E-state index >= 15 is 0 Å². The third kappa shape index (κ3) is 4.09. The summed E-state index contributed by atoms with van der Waals surface area (Å²) >= 11 is 12.2. The fraction of sp³-hybridized carbons (Fsp3) is 0.389. The molecule has 1 aliphatic rings. The molecule has 1 aromatic heterocycles. The number of phenolic OH excluding ortho intramolecular Hbond substituents is 2. The molecule has 0 saturated heterocycles. The molecule has 1 amide bonds. The largest absolute Gasteiger partial charge is 0.503 e. The number of aryl methyl sites for hydroxylation is 1. The maximum atomic E-state index is 12.6. The molecule has 6 nitrogen and oxygen atoms in total. The van der Waals surface area contributed by atoms with Gasteiger partial charge in [-0.25, -0.2) is 14.4 Å². The summed E-state index contributed by atoms with van der Waals surface area (Å²) in [7, 11) is 0. The van der Waals surface area contributed by atoms with Crippen LogP contribution in [0.15, 0.2) is 12.3 Å². The number of aromatic hydroxyl groups is 2. The Labute approximate surface area is 165 Å². The van der Waals surface area contributed by atoms with Crippen LogP contribution in [-0.4, -0.2) is 37.5 Å². The predicted molar refractivity (Wildman–Crippen MR) is 98.7 cm³/mol. The number of halogens is 3. The first-order chi connectivity index (χ1) is 12.9. The van der Waals surface area contributed by atoms with E-state index < -0.39 is 18.2 Å². The van der Waals surface area contributed by atoms with E-state index in [4.69, 9.17) is 23.2 Å². The molecule has 3 rings (SSSR count). The van der Waals surface area contributed by atoms with Crippen molar-refractivity contribution < 1.29 is 19.4 Å². The molecule has 0 saturated carbocycles. The van der Waals surface area contributed by atoms with Gasteiger partial charge in [0.2, 0.25) is 5.91 Å². The maximum Gasteiger partial charge on any atom is 0.222 e. The van der Waals surface area contributed by atoms with Crippen LogP contribution in [-0.2, 0) is 30.9 Å². The van der Waals surface area contributed by atoms with Gasteiger partial charge < -0.3 is 15.1 Å². The Morgan fingerprint density at radius 1 is 1.22 bits per heavy atom. The standard InChI is InChI=1S/C18H18Cl2FN3O3/c19-15-11-5-7-24(9-12(11)16(20)18(27)17(15)26)14(25)3-1-2-13-22-6-4-10(8-21)23-13/h4,6,26-27H,1-3,5,7-9H2.